The molecule has 0 radical (unpaired) electrons. The van der Waals surface area contributed by atoms with Crippen LogP contribution in [0.15, 0.2) is 4.99 Å². The number of hydrogen-bond acceptors (Lipinski definition) is 4. The third-order valence-electron chi connectivity index (χ3n) is 5.66. The third-order valence-corrected chi connectivity index (χ3v) is 7.01. The molecule has 0 spiro atoms. The van der Waals surface area contributed by atoms with Gasteiger partial charge in [-0.1, -0.05) is 12.8 Å². The molecule has 166 valence electrons. The zero-order valence-corrected chi connectivity index (χ0v) is 20.9. The van der Waals surface area contributed by atoms with Gasteiger partial charge in [0.1, 0.15) is 0 Å². The zero-order chi connectivity index (χ0) is 19.8. The van der Waals surface area contributed by atoms with E-state index in [2.05, 4.69) is 34.1 Å². The summed E-state index contributed by atoms with van der Waals surface area (Å²) in [6, 6.07) is 0. The fourth-order valence-corrected chi connectivity index (χ4v) is 4.54. The summed E-state index contributed by atoms with van der Waals surface area (Å²) in [5, 5.41) is 6.39. The maximum absolute atomic E-state index is 12.1. The number of nitrogens with zero attached hydrogens (tertiary/aromatic N) is 2. The Labute approximate surface area is 189 Å². The predicted molar refractivity (Wildman–Crippen MR) is 128 cm³/mol. The molecule has 0 aromatic rings. The van der Waals surface area contributed by atoms with Crippen LogP contribution in [-0.2, 0) is 10.0 Å². The average molecular weight is 530 g/mol. The van der Waals surface area contributed by atoms with Crippen LogP contribution in [0.4, 0.5) is 0 Å². The Hall–Kier alpha value is -0.130. The molecule has 0 unspecified atom stereocenters. The molecule has 1 aliphatic carbocycles. The normalized spacial score (nSPS) is 19.6. The van der Waals surface area contributed by atoms with Crippen LogP contribution in [0, 0.1) is 5.92 Å². The van der Waals surface area contributed by atoms with Gasteiger partial charge in [0.05, 0.1) is 12.3 Å². The lowest BCUT2D eigenvalue weighted by Crippen LogP contribution is -2.50. The highest BCUT2D eigenvalue weighted by molar-refractivity contribution is 14.0. The summed E-state index contributed by atoms with van der Waals surface area (Å²) in [5.41, 5.74) is 0.0131. The number of rotatable bonds is 10. The van der Waals surface area contributed by atoms with E-state index in [1.165, 1.54) is 25.7 Å². The number of likely N-dealkylation sites (tertiary alicyclic amines) is 1. The van der Waals surface area contributed by atoms with Crippen LogP contribution in [-0.4, -0.2) is 69.8 Å². The van der Waals surface area contributed by atoms with E-state index < -0.39 is 10.0 Å². The Morgan fingerprint density at radius 2 is 1.79 bits per heavy atom. The van der Waals surface area contributed by atoms with E-state index in [4.69, 9.17) is 4.99 Å². The molecule has 0 bridgehead atoms. The lowest BCUT2D eigenvalue weighted by atomic mass is 9.86. The van der Waals surface area contributed by atoms with Gasteiger partial charge in [-0.15, -0.1) is 24.0 Å². The minimum atomic E-state index is -3.23. The Balaban J connectivity index is 0.00000392. The summed E-state index contributed by atoms with van der Waals surface area (Å²) >= 11 is 0. The van der Waals surface area contributed by atoms with Gasteiger partial charge in [0.25, 0.3) is 0 Å². The Morgan fingerprint density at radius 1 is 1.11 bits per heavy atom. The highest BCUT2D eigenvalue weighted by Crippen LogP contribution is 2.25. The van der Waals surface area contributed by atoms with Gasteiger partial charge in [0.15, 0.2) is 5.96 Å². The molecule has 1 saturated heterocycles. The lowest BCUT2D eigenvalue weighted by Gasteiger charge is -2.40. The summed E-state index contributed by atoms with van der Waals surface area (Å²) in [6.45, 7) is 11.1. The van der Waals surface area contributed by atoms with Crippen molar-refractivity contribution in [2.75, 3.05) is 45.0 Å². The smallest absolute Gasteiger partial charge is 0.213 e. The van der Waals surface area contributed by atoms with E-state index >= 15 is 0 Å². The standard InChI is InChI=1S/C19H39N5O2S.HI/c1-4-20-18(22-16-19(2,3)24-12-6-5-7-13-24)21-11-14-27(25,26)23-15-17-9-8-10-17;/h17,23H,4-16H2,1-3H3,(H2,20,21,22);1H. The fraction of sp³-hybridized carbons (Fsp3) is 0.947. The predicted octanol–water partition coefficient (Wildman–Crippen LogP) is 2.14. The molecule has 2 rings (SSSR count). The van der Waals surface area contributed by atoms with Crippen molar-refractivity contribution < 1.29 is 8.42 Å². The first-order valence-electron chi connectivity index (χ1n) is 10.6. The second-order valence-electron chi connectivity index (χ2n) is 8.45. The first-order valence-corrected chi connectivity index (χ1v) is 12.2. The van der Waals surface area contributed by atoms with Gasteiger partial charge in [-0.2, -0.15) is 0 Å². The third kappa shape index (κ3) is 9.13. The molecule has 0 aromatic heterocycles. The van der Waals surface area contributed by atoms with Crippen molar-refractivity contribution in [1.29, 1.82) is 0 Å². The van der Waals surface area contributed by atoms with Gasteiger partial charge in [-0.25, -0.2) is 13.1 Å². The molecule has 1 heterocycles. The maximum Gasteiger partial charge on any atom is 0.213 e. The van der Waals surface area contributed by atoms with Crippen LogP contribution >= 0.6 is 24.0 Å². The average Bonchev–Trinajstić information content (AvgIpc) is 2.59. The number of piperidine rings is 1. The van der Waals surface area contributed by atoms with E-state index in [1.807, 2.05) is 6.92 Å². The van der Waals surface area contributed by atoms with Crippen molar-refractivity contribution in [3.05, 3.63) is 0 Å². The quantitative estimate of drug-likeness (QED) is 0.230. The molecule has 2 aliphatic rings. The summed E-state index contributed by atoms with van der Waals surface area (Å²) in [6.07, 6.45) is 7.36. The molecule has 0 amide bonds. The number of guanidine groups is 1. The highest BCUT2D eigenvalue weighted by atomic mass is 127. The summed E-state index contributed by atoms with van der Waals surface area (Å²) in [5.74, 6) is 1.29. The summed E-state index contributed by atoms with van der Waals surface area (Å²) in [4.78, 5) is 7.23. The largest absolute Gasteiger partial charge is 0.357 e. The number of sulfonamides is 1. The molecular weight excluding hydrogens is 489 g/mol. The minimum absolute atomic E-state index is 0. The molecule has 9 heteroatoms. The fourth-order valence-electron chi connectivity index (χ4n) is 3.53. The van der Waals surface area contributed by atoms with E-state index in [-0.39, 0.29) is 35.3 Å². The molecule has 2 fully saturated rings. The van der Waals surface area contributed by atoms with Crippen LogP contribution < -0.4 is 15.4 Å². The van der Waals surface area contributed by atoms with Crippen molar-refractivity contribution in [3.8, 4) is 0 Å². The van der Waals surface area contributed by atoms with Crippen molar-refractivity contribution in [1.82, 2.24) is 20.3 Å². The van der Waals surface area contributed by atoms with Crippen molar-refractivity contribution in [2.24, 2.45) is 10.9 Å². The SMILES string of the molecule is CCNC(=NCC(C)(C)N1CCCCC1)NCCS(=O)(=O)NCC1CCC1.I. The molecule has 1 aliphatic heterocycles. The van der Waals surface area contributed by atoms with Crippen molar-refractivity contribution in [2.45, 2.75) is 64.8 Å². The topological polar surface area (TPSA) is 85.8 Å². The first kappa shape index (κ1) is 25.9. The van der Waals surface area contributed by atoms with Crippen LogP contribution in [0.1, 0.15) is 59.3 Å². The minimum Gasteiger partial charge on any atom is -0.357 e. The van der Waals surface area contributed by atoms with Crippen LogP contribution in [0.5, 0.6) is 0 Å². The second kappa shape index (κ2) is 12.5. The Kier molecular flexibility index (Phi) is 11.6. The molecular formula is C19H40IN5O2S. The van der Waals surface area contributed by atoms with Crippen LogP contribution in [0.25, 0.3) is 0 Å². The van der Waals surface area contributed by atoms with Crippen LogP contribution in [0.2, 0.25) is 0 Å². The van der Waals surface area contributed by atoms with Gasteiger partial charge in [-0.05, 0) is 65.5 Å². The first-order chi connectivity index (χ1) is 12.8. The van der Waals surface area contributed by atoms with Crippen molar-refractivity contribution in [3.63, 3.8) is 0 Å². The van der Waals surface area contributed by atoms with E-state index in [9.17, 15) is 8.42 Å². The van der Waals surface area contributed by atoms with Gasteiger partial charge >= 0.3 is 0 Å². The Bertz CT molecular complexity index is 573. The summed E-state index contributed by atoms with van der Waals surface area (Å²) in [7, 11) is -3.23. The zero-order valence-electron chi connectivity index (χ0n) is 17.8. The number of nitrogens with one attached hydrogen (secondary N) is 3. The molecule has 1 saturated carbocycles. The van der Waals surface area contributed by atoms with Gasteiger partial charge < -0.3 is 10.6 Å². The van der Waals surface area contributed by atoms with Gasteiger partial charge in [0, 0.05) is 25.2 Å². The van der Waals surface area contributed by atoms with Crippen LogP contribution in [0.3, 0.4) is 0 Å². The second-order valence-corrected chi connectivity index (χ2v) is 10.4. The molecule has 0 aromatic carbocycles. The monoisotopic (exact) mass is 529 g/mol. The molecule has 28 heavy (non-hydrogen) atoms. The van der Waals surface area contributed by atoms with Crippen molar-refractivity contribution >= 4 is 40.0 Å². The lowest BCUT2D eigenvalue weighted by molar-refractivity contribution is 0.102. The number of aliphatic imine (C=N–C) groups is 1. The van der Waals surface area contributed by atoms with E-state index in [0.29, 0.717) is 31.5 Å². The Morgan fingerprint density at radius 3 is 2.36 bits per heavy atom. The number of hydrogen-bond donors (Lipinski definition) is 3. The molecule has 3 N–H and O–H groups in total. The number of halogens is 1. The van der Waals surface area contributed by atoms with E-state index in [0.717, 1.165) is 32.5 Å². The summed E-state index contributed by atoms with van der Waals surface area (Å²) < 4.78 is 27.0. The van der Waals surface area contributed by atoms with Gasteiger partial charge in [-0.3, -0.25) is 9.89 Å². The maximum atomic E-state index is 12.1. The molecule has 0 atom stereocenters. The van der Waals surface area contributed by atoms with E-state index in [1.54, 1.807) is 0 Å². The highest BCUT2D eigenvalue weighted by Gasteiger charge is 2.27. The molecule has 7 nitrogen and oxygen atoms in total. The van der Waals surface area contributed by atoms with Gasteiger partial charge in [0.2, 0.25) is 10.0 Å².